The van der Waals surface area contributed by atoms with Crippen LogP contribution < -0.4 is 0 Å². The molecule has 170 valence electrons. The molecule has 1 saturated heterocycles. The van der Waals surface area contributed by atoms with Gasteiger partial charge in [0.2, 0.25) is 0 Å². The Hall–Kier alpha value is -1.72. The molecule has 1 aromatic carbocycles. The van der Waals surface area contributed by atoms with Crippen molar-refractivity contribution >= 4 is 8.07 Å². The van der Waals surface area contributed by atoms with E-state index in [2.05, 4.69) is 37.2 Å². The summed E-state index contributed by atoms with van der Waals surface area (Å²) in [5, 5.41) is 9.27. The number of hydrogen-bond acceptors (Lipinski definition) is 5. The first-order valence-electron chi connectivity index (χ1n) is 10.8. The number of aliphatic hydroxyl groups is 1. The minimum Gasteiger partial charge on any atom is -0.396 e. The van der Waals surface area contributed by atoms with Gasteiger partial charge in [-0.05, 0) is 24.5 Å². The maximum atomic E-state index is 9.27. The molecule has 0 aliphatic carbocycles. The molecule has 0 aromatic heterocycles. The van der Waals surface area contributed by atoms with Crippen molar-refractivity contribution in [2.75, 3.05) is 33.7 Å². The average molecular weight is 445 g/mol. The summed E-state index contributed by atoms with van der Waals surface area (Å²) in [6, 6.07) is 9.96. The standard InChI is InChI=1S/C25H36O5Si/c1-27-20-28-18-21(10-9-17-31(2,3)4)14-15-24-23(13-8-16-26)19-29-25(30-24)22-11-6-5-7-12-22/h5-7,10-12,14-15,23-26H,8,13,16,18-20H2,1-4H3/b15-14+,21-10-/t23-,24+,25-/m1/s1. The van der Waals surface area contributed by atoms with Crippen LogP contribution in [0.15, 0.2) is 54.1 Å². The predicted molar refractivity (Wildman–Crippen MR) is 126 cm³/mol. The van der Waals surface area contributed by atoms with E-state index in [1.807, 2.05) is 42.5 Å². The van der Waals surface area contributed by atoms with Gasteiger partial charge in [0.05, 0.1) is 19.3 Å². The first-order chi connectivity index (χ1) is 14.9. The molecule has 1 aliphatic heterocycles. The fraction of sp³-hybridized carbons (Fsp3) is 0.520. The molecule has 6 heteroatoms. The molecule has 1 aliphatic rings. The van der Waals surface area contributed by atoms with Crippen molar-refractivity contribution < 1.29 is 24.1 Å². The smallest absolute Gasteiger partial charge is 0.184 e. The Morgan fingerprint density at radius 1 is 1.26 bits per heavy atom. The van der Waals surface area contributed by atoms with Gasteiger partial charge in [0.1, 0.15) is 14.9 Å². The highest BCUT2D eigenvalue weighted by Crippen LogP contribution is 2.32. The highest BCUT2D eigenvalue weighted by molar-refractivity contribution is 6.83. The summed E-state index contributed by atoms with van der Waals surface area (Å²) in [6.45, 7) is 8.05. The lowest BCUT2D eigenvalue weighted by molar-refractivity contribution is -0.229. The highest BCUT2D eigenvalue weighted by atomic mass is 28.3. The molecule has 0 radical (unpaired) electrons. The van der Waals surface area contributed by atoms with Gasteiger partial charge in [-0.3, -0.25) is 0 Å². The largest absolute Gasteiger partial charge is 0.396 e. The maximum absolute atomic E-state index is 9.27. The Morgan fingerprint density at radius 2 is 2.03 bits per heavy atom. The highest BCUT2D eigenvalue weighted by Gasteiger charge is 2.30. The minimum absolute atomic E-state index is 0.124. The van der Waals surface area contributed by atoms with Gasteiger partial charge in [-0.2, -0.15) is 0 Å². The molecule has 3 atom stereocenters. The van der Waals surface area contributed by atoms with E-state index in [0.29, 0.717) is 13.2 Å². The predicted octanol–water partition coefficient (Wildman–Crippen LogP) is 4.47. The van der Waals surface area contributed by atoms with E-state index in [1.54, 1.807) is 7.11 Å². The van der Waals surface area contributed by atoms with Crippen molar-refractivity contribution in [3.05, 3.63) is 59.7 Å². The van der Waals surface area contributed by atoms with Gasteiger partial charge in [0, 0.05) is 25.2 Å². The van der Waals surface area contributed by atoms with Crippen molar-refractivity contribution in [1.82, 2.24) is 0 Å². The maximum Gasteiger partial charge on any atom is 0.184 e. The van der Waals surface area contributed by atoms with Gasteiger partial charge < -0.3 is 24.1 Å². The zero-order valence-electron chi connectivity index (χ0n) is 19.2. The molecule has 2 rings (SSSR count). The Kier molecular flexibility index (Phi) is 11.2. The van der Waals surface area contributed by atoms with Gasteiger partial charge in [0.15, 0.2) is 6.29 Å². The second kappa shape index (κ2) is 13.6. The second-order valence-corrected chi connectivity index (χ2v) is 13.4. The zero-order chi connectivity index (χ0) is 22.5. The van der Waals surface area contributed by atoms with Crippen LogP contribution in [0.25, 0.3) is 0 Å². The van der Waals surface area contributed by atoms with E-state index >= 15 is 0 Å². The molecule has 1 heterocycles. The van der Waals surface area contributed by atoms with E-state index in [1.165, 1.54) is 0 Å². The van der Waals surface area contributed by atoms with Gasteiger partial charge in [-0.15, -0.1) is 5.54 Å². The van der Waals surface area contributed by atoms with Crippen LogP contribution in [-0.2, 0) is 18.9 Å². The van der Waals surface area contributed by atoms with Crippen molar-refractivity contribution in [2.45, 2.75) is 44.9 Å². The number of hydrogen-bond donors (Lipinski definition) is 1. The minimum atomic E-state index is -1.45. The Labute approximate surface area is 188 Å². The summed E-state index contributed by atoms with van der Waals surface area (Å²) in [5.74, 6) is 3.38. The van der Waals surface area contributed by atoms with Gasteiger partial charge in [-0.1, -0.05) is 68.0 Å². The number of aliphatic hydroxyl groups excluding tert-OH is 1. The fourth-order valence-corrected chi connectivity index (χ4v) is 3.64. The molecule has 0 saturated carbocycles. The fourth-order valence-electron chi connectivity index (χ4n) is 3.13. The van der Waals surface area contributed by atoms with Crippen LogP contribution in [0.1, 0.15) is 24.7 Å². The van der Waals surface area contributed by atoms with E-state index in [0.717, 1.165) is 24.0 Å². The number of allylic oxidation sites excluding steroid dienone is 1. The molecule has 0 unspecified atom stereocenters. The molecule has 0 spiro atoms. The van der Waals surface area contributed by atoms with Gasteiger partial charge in [-0.25, -0.2) is 0 Å². The van der Waals surface area contributed by atoms with Crippen LogP contribution in [0, 0.1) is 17.4 Å². The Morgan fingerprint density at radius 3 is 2.71 bits per heavy atom. The summed E-state index contributed by atoms with van der Waals surface area (Å²) >= 11 is 0. The van der Waals surface area contributed by atoms with Crippen LogP contribution in [-0.4, -0.2) is 53.0 Å². The zero-order valence-corrected chi connectivity index (χ0v) is 20.2. The lowest BCUT2D eigenvalue weighted by Crippen LogP contribution is -2.35. The summed E-state index contributed by atoms with van der Waals surface area (Å²) in [4.78, 5) is 0. The number of ether oxygens (including phenoxy) is 4. The normalized spacial score (nSPS) is 22.4. The number of rotatable bonds is 10. The Bertz CT molecular complexity index is 758. The van der Waals surface area contributed by atoms with E-state index in [9.17, 15) is 5.11 Å². The van der Waals surface area contributed by atoms with Gasteiger partial charge >= 0.3 is 0 Å². The van der Waals surface area contributed by atoms with Crippen LogP contribution in [0.4, 0.5) is 0 Å². The Balaban J connectivity index is 2.17. The SMILES string of the molecule is COCOCC(=C\C#C[Si](C)(C)C)/C=C/[C@@H]1O[C@H](c2ccccc2)OC[C@H]1CCCO. The summed E-state index contributed by atoms with van der Waals surface area (Å²) < 4.78 is 22.8. The molecular formula is C25H36O5Si. The van der Waals surface area contributed by atoms with E-state index in [4.69, 9.17) is 18.9 Å². The lowest BCUT2D eigenvalue weighted by atomic mass is 9.95. The number of benzene rings is 1. The molecule has 31 heavy (non-hydrogen) atoms. The second-order valence-electron chi connectivity index (χ2n) is 8.66. The third-order valence-electron chi connectivity index (χ3n) is 4.69. The van der Waals surface area contributed by atoms with Crippen molar-refractivity contribution in [3.63, 3.8) is 0 Å². The van der Waals surface area contributed by atoms with Crippen LogP contribution >= 0.6 is 0 Å². The van der Waals surface area contributed by atoms with Crippen molar-refractivity contribution in [2.24, 2.45) is 5.92 Å². The van der Waals surface area contributed by atoms with E-state index in [-0.39, 0.29) is 25.4 Å². The van der Waals surface area contributed by atoms with Crippen LogP contribution in [0.3, 0.4) is 0 Å². The molecule has 0 bridgehead atoms. The van der Waals surface area contributed by atoms with Crippen molar-refractivity contribution in [1.29, 1.82) is 0 Å². The van der Waals surface area contributed by atoms with Gasteiger partial charge in [0.25, 0.3) is 0 Å². The van der Waals surface area contributed by atoms with Crippen LogP contribution in [0.2, 0.25) is 19.6 Å². The molecule has 1 fully saturated rings. The lowest BCUT2D eigenvalue weighted by Gasteiger charge is -2.35. The van der Waals surface area contributed by atoms with Crippen molar-refractivity contribution in [3.8, 4) is 11.5 Å². The van der Waals surface area contributed by atoms with Crippen LogP contribution in [0.5, 0.6) is 0 Å². The molecule has 1 N–H and O–H groups in total. The number of methoxy groups -OCH3 is 1. The third-order valence-corrected chi connectivity index (χ3v) is 5.58. The topological polar surface area (TPSA) is 57.2 Å². The first-order valence-corrected chi connectivity index (χ1v) is 14.3. The third kappa shape index (κ3) is 9.96. The molecular weight excluding hydrogens is 408 g/mol. The summed E-state index contributed by atoms with van der Waals surface area (Å²) in [7, 11) is 0.157. The average Bonchev–Trinajstić information content (AvgIpc) is 2.76. The summed E-state index contributed by atoms with van der Waals surface area (Å²) in [5.41, 5.74) is 5.33. The first kappa shape index (κ1) is 25.5. The quantitative estimate of drug-likeness (QED) is 0.190. The monoisotopic (exact) mass is 444 g/mol. The molecule has 5 nitrogen and oxygen atoms in total. The molecule has 1 aromatic rings. The molecule has 0 amide bonds. The summed E-state index contributed by atoms with van der Waals surface area (Å²) in [6.07, 6.45) is 7.05. The van der Waals surface area contributed by atoms with E-state index < -0.39 is 14.4 Å².